The minimum absolute atomic E-state index is 0.0774. The Bertz CT molecular complexity index is 1090. The second-order valence-electron chi connectivity index (χ2n) is 8.33. The zero-order chi connectivity index (χ0) is 23.4. The molecule has 0 bridgehead atoms. The summed E-state index contributed by atoms with van der Waals surface area (Å²) in [5.41, 5.74) is 3.02. The molecule has 2 amide bonds. The number of aryl methyl sites for hydroxylation is 1. The number of esters is 1. The predicted molar refractivity (Wildman–Crippen MR) is 123 cm³/mol. The zero-order valence-corrected chi connectivity index (χ0v) is 19.0. The number of nitrogens with zero attached hydrogens (tertiary/aromatic N) is 5. The average molecular weight is 449 g/mol. The standard InChI is InChI=1S/C24H28N6O3/c1-3-33-23(31)18-7-10-29(11-8-18)22-20-15-30(12-9-21(20)26-16(2)27-22)24(32)28-19-6-4-5-17(13-19)14-25/h4-6,13,18H,3,7-12,15H2,1-2H3,(H,28,32). The molecule has 0 atom stereocenters. The van der Waals surface area contributed by atoms with E-state index in [9.17, 15) is 9.59 Å². The van der Waals surface area contributed by atoms with Crippen molar-refractivity contribution in [2.45, 2.75) is 39.7 Å². The fourth-order valence-corrected chi connectivity index (χ4v) is 4.41. The number of nitrogens with one attached hydrogen (secondary N) is 1. The van der Waals surface area contributed by atoms with Gasteiger partial charge >= 0.3 is 12.0 Å². The number of hydrogen-bond acceptors (Lipinski definition) is 7. The van der Waals surface area contributed by atoms with Gasteiger partial charge in [0.25, 0.3) is 0 Å². The van der Waals surface area contributed by atoms with Crippen molar-refractivity contribution >= 4 is 23.5 Å². The monoisotopic (exact) mass is 448 g/mol. The number of carbonyl (C=O) groups excluding carboxylic acids is 2. The lowest BCUT2D eigenvalue weighted by atomic mass is 9.96. The first-order valence-electron chi connectivity index (χ1n) is 11.3. The fourth-order valence-electron chi connectivity index (χ4n) is 4.41. The Labute approximate surface area is 193 Å². The van der Waals surface area contributed by atoms with E-state index in [2.05, 4.69) is 21.3 Å². The van der Waals surface area contributed by atoms with Gasteiger partial charge in [-0.1, -0.05) is 6.07 Å². The normalized spacial score (nSPS) is 16.0. The minimum Gasteiger partial charge on any atom is -0.466 e. The van der Waals surface area contributed by atoms with E-state index < -0.39 is 0 Å². The van der Waals surface area contributed by atoms with Crippen molar-refractivity contribution in [3.8, 4) is 6.07 Å². The summed E-state index contributed by atoms with van der Waals surface area (Å²) in [4.78, 5) is 38.3. The first-order chi connectivity index (χ1) is 16.0. The third-order valence-electron chi connectivity index (χ3n) is 6.09. The highest BCUT2D eigenvalue weighted by molar-refractivity contribution is 5.89. The molecule has 0 spiro atoms. The highest BCUT2D eigenvalue weighted by atomic mass is 16.5. The fraction of sp³-hybridized carbons (Fsp3) is 0.458. The van der Waals surface area contributed by atoms with E-state index in [1.807, 2.05) is 13.8 Å². The van der Waals surface area contributed by atoms with Crippen LogP contribution in [0.4, 0.5) is 16.3 Å². The predicted octanol–water partition coefficient (Wildman–Crippen LogP) is 3.03. The van der Waals surface area contributed by atoms with Gasteiger partial charge in [-0.05, 0) is 44.9 Å². The van der Waals surface area contributed by atoms with Crippen LogP contribution in [-0.4, -0.2) is 53.1 Å². The quantitative estimate of drug-likeness (QED) is 0.716. The Morgan fingerprint density at radius 3 is 2.76 bits per heavy atom. The Hall–Kier alpha value is -3.67. The van der Waals surface area contributed by atoms with E-state index in [0.717, 1.165) is 29.9 Å². The summed E-state index contributed by atoms with van der Waals surface area (Å²) in [5.74, 6) is 1.36. The lowest BCUT2D eigenvalue weighted by molar-refractivity contribution is -0.148. The number of ether oxygens (including phenoxy) is 1. The number of amides is 2. The van der Waals surface area contributed by atoms with Gasteiger partial charge in [0.15, 0.2) is 0 Å². The van der Waals surface area contributed by atoms with Gasteiger partial charge in [-0.15, -0.1) is 0 Å². The van der Waals surface area contributed by atoms with Gasteiger partial charge in [-0.25, -0.2) is 14.8 Å². The van der Waals surface area contributed by atoms with Crippen LogP contribution < -0.4 is 10.2 Å². The zero-order valence-electron chi connectivity index (χ0n) is 19.0. The van der Waals surface area contributed by atoms with Crippen LogP contribution in [0.5, 0.6) is 0 Å². The summed E-state index contributed by atoms with van der Waals surface area (Å²) in [6.07, 6.45) is 2.09. The first-order valence-corrected chi connectivity index (χ1v) is 11.3. The molecule has 4 rings (SSSR count). The highest BCUT2D eigenvalue weighted by Crippen LogP contribution is 2.30. The van der Waals surface area contributed by atoms with Crippen molar-refractivity contribution in [3.05, 3.63) is 46.9 Å². The van der Waals surface area contributed by atoms with E-state index in [4.69, 9.17) is 15.0 Å². The van der Waals surface area contributed by atoms with E-state index in [0.29, 0.717) is 56.3 Å². The SMILES string of the molecule is CCOC(=O)C1CCN(c2nc(C)nc3c2CN(C(=O)Nc2cccc(C#N)c2)CC3)CC1. The van der Waals surface area contributed by atoms with E-state index in [1.54, 1.807) is 29.2 Å². The molecule has 0 saturated carbocycles. The summed E-state index contributed by atoms with van der Waals surface area (Å²) >= 11 is 0. The van der Waals surface area contributed by atoms with Crippen LogP contribution in [0, 0.1) is 24.2 Å². The molecule has 2 aliphatic heterocycles. The molecule has 1 saturated heterocycles. The maximum atomic E-state index is 12.9. The lowest BCUT2D eigenvalue weighted by Gasteiger charge is -2.36. The summed E-state index contributed by atoms with van der Waals surface area (Å²) in [7, 11) is 0. The number of aromatic nitrogens is 2. The maximum absolute atomic E-state index is 12.9. The third-order valence-corrected chi connectivity index (χ3v) is 6.09. The number of benzene rings is 1. The molecule has 1 N–H and O–H groups in total. The first kappa shape index (κ1) is 22.5. The number of anilines is 2. The van der Waals surface area contributed by atoms with E-state index >= 15 is 0 Å². The molecule has 3 heterocycles. The molecular formula is C24H28N6O3. The molecule has 172 valence electrons. The van der Waals surface area contributed by atoms with Gasteiger partial charge in [0.1, 0.15) is 11.6 Å². The average Bonchev–Trinajstić information content (AvgIpc) is 2.83. The maximum Gasteiger partial charge on any atom is 0.322 e. The smallest absolute Gasteiger partial charge is 0.322 e. The van der Waals surface area contributed by atoms with Crippen LogP contribution in [0.25, 0.3) is 0 Å². The molecule has 1 fully saturated rings. The molecule has 1 aromatic heterocycles. The summed E-state index contributed by atoms with van der Waals surface area (Å²) in [5, 5.41) is 12.0. The lowest BCUT2D eigenvalue weighted by Crippen LogP contribution is -2.42. The molecule has 2 aliphatic rings. The van der Waals surface area contributed by atoms with Crippen molar-refractivity contribution in [3.63, 3.8) is 0 Å². The van der Waals surface area contributed by atoms with Crippen molar-refractivity contribution < 1.29 is 14.3 Å². The largest absolute Gasteiger partial charge is 0.466 e. The van der Waals surface area contributed by atoms with Crippen LogP contribution >= 0.6 is 0 Å². The number of carbonyl (C=O) groups is 2. The summed E-state index contributed by atoms with van der Waals surface area (Å²) < 4.78 is 5.18. The van der Waals surface area contributed by atoms with Crippen molar-refractivity contribution in [1.82, 2.24) is 14.9 Å². The van der Waals surface area contributed by atoms with Crippen LogP contribution in [0.3, 0.4) is 0 Å². The molecule has 2 aromatic rings. The second kappa shape index (κ2) is 9.86. The van der Waals surface area contributed by atoms with Gasteiger partial charge in [0.2, 0.25) is 0 Å². The Balaban J connectivity index is 1.48. The molecule has 33 heavy (non-hydrogen) atoms. The van der Waals surface area contributed by atoms with Gasteiger partial charge in [0, 0.05) is 37.3 Å². The topological polar surface area (TPSA) is 111 Å². The van der Waals surface area contributed by atoms with Crippen LogP contribution in [-0.2, 0) is 22.5 Å². The molecule has 1 aromatic carbocycles. The second-order valence-corrected chi connectivity index (χ2v) is 8.33. The molecule has 0 radical (unpaired) electrons. The van der Waals surface area contributed by atoms with Crippen molar-refractivity contribution in [2.24, 2.45) is 5.92 Å². The number of piperidine rings is 1. The molecular weight excluding hydrogens is 420 g/mol. The van der Waals surface area contributed by atoms with Crippen LogP contribution in [0.1, 0.15) is 42.4 Å². The summed E-state index contributed by atoms with van der Waals surface area (Å²) in [6, 6.07) is 8.73. The highest BCUT2D eigenvalue weighted by Gasteiger charge is 2.31. The minimum atomic E-state index is -0.219. The molecule has 0 unspecified atom stereocenters. The van der Waals surface area contributed by atoms with Gasteiger partial charge in [0.05, 0.1) is 36.4 Å². The number of urea groups is 1. The van der Waals surface area contributed by atoms with Crippen LogP contribution in [0.15, 0.2) is 24.3 Å². The van der Waals surface area contributed by atoms with Crippen LogP contribution in [0.2, 0.25) is 0 Å². The van der Waals surface area contributed by atoms with Crippen molar-refractivity contribution in [2.75, 3.05) is 36.5 Å². The van der Waals surface area contributed by atoms with Crippen molar-refractivity contribution in [1.29, 1.82) is 5.26 Å². The van der Waals surface area contributed by atoms with E-state index in [1.165, 1.54) is 0 Å². The van der Waals surface area contributed by atoms with E-state index in [-0.39, 0.29) is 17.9 Å². The number of rotatable bonds is 4. The Morgan fingerprint density at radius 2 is 2.03 bits per heavy atom. The summed E-state index contributed by atoms with van der Waals surface area (Å²) in [6.45, 7) is 6.49. The number of fused-ring (bicyclic) bond motifs is 1. The molecule has 9 heteroatoms. The Kier molecular flexibility index (Phi) is 6.73. The Morgan fingerprint density at radius 1 is 1.24 bits per heavy atom. The third kappa shape index (κ3) is 5.06. The van der Waals surface area contributed by atoms with Gasteiger partial charge in [-0.3, -0.25) is 4.79 Å². The number of hydrogen-bond donors (Lipinski definition) is 1. The van der Waals surface area contributed by atoms with Gasteiger partial charge < -0.3 is 19.9 Å². The molecule has 9 nitrogen and oxygen atoms in total. The number of nitriles is 1. The molecule has 0 aliphatic carbocycles. The van der Waals surface area contributed by atoms with Gasteiger partial charge in [-0.2, -0.15) is 5.26 Å².